The van der Waals surface area contributed by atoms with Gasteiger partial charge in [0.05, 0.1) is 7.11 Å². The first-order valence-electron chi connectivity index (χ1n) is 5.54. The molecule has 2 N–H and O–H groups in total. The molecule has 0 saturated heterocycles. The lowest BCUT2D eigenvalue weighted by atomic mass is 10.3. The van der Waals surface area contributed by atoms with Crippen LogP contribution in [0, 0.1) is 6.92 Å². The average molecular weight is 232 g/mol. The summed E-state index contributed by atoms with van der Waals surface area (Å²) in [5, 5.41) is 10.2. The molecule has 1 heterocycles. The Morgan fingerprint density at radius 3 is 3.00 bits per heavy atom. The van der Waals surface area contributed by atoms with Crippen molar-refractivity contribution in [2.24, 2.45) is 0 Å². The first-order chi connectivity index (χ1) is 8.28. The molecule has 17 heavy (non-hydrogen) atoms. The van der Waals surface area contributed by atoms with Crippen molar-refractivity contribution >= 4 is 5.69 Å². The predicted molar refractivity (Wildman–Crippen MR) is 66.3 cm³/mol. The van der Waals surface area contributed by atoms with Gasteiger partial charge in [-0.15, -0.1) is 0 Å². The lowest BCUT2D eigenvalue weighted by Crippen LogP contribution is -2.06. The summed E-state index contributed by atoms with van der Waals surface area (Å²) >= 11 is 0. The molecule has 0 fully saturated rings. The van der Waals surface area contributed by atoms with E-state index in [0.717, 1.165) is 36.1 Å². The van der Waals surface area contributed by atoms with Crippen LogP contribution < -0.4 is 10.1 Å². The summed E-state index contributed by atoms with van der Waals surface area (Å²) < 4.78 is 5.15. The molecule has 0 unspecified atom stereocenters. The van der Waals surface area contributed by atoms with Crippen LogP contribution in [0.1, 0.15) is 11.6 Å². The fourth-order valence-corrected chi connectivity index (χ4v) is 1.55. The summed E-state index contributed by atoms with van der Waals surface area (Å²) in [5.41, 5.74) is 1.04. The number of ether oxygens (including phenoxy) is 1. The van der Waals surface area contributed by atoms with Gasteiger partial charge in [-0.25, -0.2) is 4.98 Å². The molecule has 2 aromatic rings. The van der Waals surface area contributed by atoms with E-state index in [2.05, 4.69) is 20.5 Å². The second kappa shape index (κ2) is 5.34. The van der Waals surface area contributed by atoms with Crippen molar-refractivity contribution in [3.63, 3.8) is 0 Å². The maximum atomic E-state index is 5.15. The van der Waals surface area contributed by atoms with Gasteiger partial charge >= 0.3 is 0 Å². The standard InChI is InChI=1S/C12H16N4O/c1-9-14-12(16-15-9)6-7-13-10-4-3-5-11(8-10)17-2/h3-5,8,13H,6-7H2,1-2H3,(H,14,15,16). The number of aromatic nitrogens is 3. The average Bonchev–Trinajstić information content (AvgIpc) is 2.75. The number of aromatic amines is 1. The Morgan fingerprint density at radius 2 is 2.29 bits per heavy atom. The van der Waals surface area contributed by atoms with E-state index >= 15 is 0 Å². The van der Waals surface area contributed by atoms with E-state index in [-0.39, 0.29) is 0 Å². The third kappa shape index (κ3) is 3.21. The van der Waals surface area contributed by atoms with Gasteiger partial charge in [0, 0.05) is 24.7 Å². The van der Waals surface area contributed by atoms with Crippen LogP contribution in [0.4, 0.5) is 5.69 Å². The largest absolute Gasteiger partial charge is 0.497 e. The normalized spacial score (nSPS) is 10.2. The number of rotatable bonds is 5. The Morgan fingerprint density at radius 1 is 1.41 bits per heavy atom. The van der Waals surface area contributed by atoms with E-state index in [1.165, 1.54) is 0 Å². The van der Waals surface area contributed by atoms with E-state index < -0.39 is 0 Å². The zero-order valence-corrected chi connectivity index (χ0v) is 10.0. The molecule has 0 radical (unpaired) electrons. The monoisotopic (exact) mass is 232 g/mol. The van der Waals surface area contributed by atoms with E-state index in [1.54, 1.807) is 7.11 Å². The number of methoxy groups -OCH3 is 1. The minimum Gasteiger partial charge on any atom is -0.497 e. The maximum absolute atomic E-state index is 5.15. The van der Waals surface area contributed by atoms with Crippen LogP contribution in [0.2, 0.25) is 0 Å². The van der Waals surface area contributed by atoms with Gasteiger partial charge in [0.1, 0.15) is 11.6 Å². The smallest absolute Gasteiger partial charge is 0.152 e. The number of H-pyrrole nitrogens is 1. The molecule has 0 aliphatic carbocycles. The number of benzene rings is 1. The molecule has 5 nitrogen and oxygen atoms in total. The highest BCUT2D eigenvalue weighted by Gasteiger charge is 1.99. The highest BCUT2D eigenvalue weighted by molar-refractivity contribution is 5.48. The molecule has 5 heteroatoms. The first kappa shape index (κ1) is 11.4. The predicted octanol–water partition coefficient (Wildman–Crippen LogP) is 1.78. The first-order valence-corrected chi connectivity index (χ1v) is 5.54. The van der Waals surface area contributed by atoms with Crippen LogP contribution in [0.15, 0.2) is 24.3 Å². The molecule has 0 aliphatic heterocycles. The SMILES string of the molecule is COc1cccc(NCCc2n[nH]c(C)n2)c1. The Hall–Kier alpha value is -2.04. The van der Waals surface area contributed by atoms with Crippen molar-refractivity contribution in [2.45, 2.75) is 13.3 Å². The van der Waals surface area contributed by atoms with Crippen LogP contribution in [-0.4, -0.2) is 28.8 Å². The van der Waals surface area contributed by atoms with Crippen molar-refractivity contribution < 1.29 is 4.74 Å². The molecule has 0 spiro atoms. The molecule has 0 amide bonds. The summed E-state index contributed by atoms with van der Waals surface area (Å²) in [6, 6.07) is 7.84. The quantitative estimate of drug-likeness (QED) is 0.824. The van der Waals surface area contributed by atoms with Crippen molar-refractivity contribution in [3.8, 4) is 5.75 Å². The molecule has 90 valence electrons. The summed E-state index contributed by atoms with van der Waals surface area (Å²) in [7, 11) is 1.66. The topological polar surface area (TPSA) is 62.8 Å². The van der Waals surface area contributed by atoms with Gasteiger partial charge in [0.2, 0.25) is 0 Å². The third-order valence-corrected chi connectivity index (χ3v) is 2.39. The van der Waals surface area contributed by atoms with Crippen LogP contribution in [0.5, 0.6) is 5.75 Å². The zero-order chi connectivity index (χ0) is 12.1. The van der Waals surface area contributed by atoms with Gasteiger partial charge in [-0.3, -0.25) is 5.10 Å². The van der Waals surface area contributed by atoms with Crippen molar-refractivity contribution in [1.82, 2.24) is 15.2 Å². The molecular formula is C12H16N4O. The highest BCUT2D eigenvalue weighted by Crippen LogP contribution is 2.16. The van der Waals surface area contributed by atoms with Crippen molar-refractivity contribution in [3.05, 3.63) is 35.9 Å². The summed E-state index contributed by atoms with van der Waals surface area (Å²) in [6.45, 7) is 2.69. The molecule has 2 rings (SSSR count). The van der Waals surface area contributed by atoms with Gasteiger partial charge in [-0.05, 0) is 19.1 Å². The second-order valence-corrected chi connectivity index (χ2v) is 3.75. The van der Waals surface area contributed by atoms with Gasteiger partial charge in [-0.1, -0.05) is 6.07 Å². The Kier molecular flexibility index (Phi) is 3.59. The molecule has 0 aliphatic rings. The minimum absolute atomic E-state index is 0.793. The molecule has 0 atom stereocenters. The van der Waals surface area contributed by atoms with Gasteiger partial charge < -0.3 is 10.1 Å². The number of nitrogens with zero attached hydrogens (tertiary/aromatic N) is 2. The summed E-state index contributed by atoms with van der Waals surface area (Å²) in [5.74, 6) is 2.53. The lowest BCUT2D eigenvalue weighted by Gasteiger charge is -2.06. The maximum Gasteiger partial charge on any atom is 0.152 e. The van der Waals surface area contributed by atoms with E-state index in [1.807, 2.05) is 31.2 Å². The molecule has 0 saturated carbocycles. The fourth-order valence-electron chi connectivity index (χ4n) is 1.55. The molecule has 1 aromatic heterocycles. The molecular weight excluding hydrogens is 216 g/mol. The van der Waals surface area contributed by atoms with Crippen molar-refractivity contribution in [2.75, 3.05) is 19.0 Å². The summed E-state index contributed by atoms with van der Waals surface area (Å²) in [6.07, 6.45) is 0.793. The van der Waals surface area contributed by atoms with Gasteiger partial charge in [0.25, 0.3) is 0 Å². The fraction of sp³-hybridized carbons (Fsp3) is 0.333. The lowest BCUT2D eigenvalue weighted by molar-refractivity contribution is 0.415. The number of hydrogen-bond acceptors (Lipinski definition) is 4. The summed E-state index contributed by atoms with van der Waals surface area (Å²) in [4.78, 5) is 4.24. The third-order valence-electron chi connectivity index (χ3n) is 2.39. The zero-order valence-electron chi connectivity index (χ0n) is 10.0. The van der Waals surface area contributed by atoms with E-state index in [4.69, 9.17) is 4.74 Å². The number of hydrogen-bond donors (Lipinski definition) is 2. The van der Waals surface area contributed by atoms with Crippen molar-refractivity contribution in [1.29, 1.82) is 0 Å². The van der Waals surface area contributed by atoms with Gasteiger partial charge in [0.15, 0.2) is 5.82 Å². The number of aryl methyl sites for hydroxylation is 1. The Balaban J connectivity index is 1.85. The van der Waals surface area contributed by atoms with Crippen LogP contribution >= 0.6 is 0 Å². The van der Waals surface area contributed by atoms with Crippen LogP contribution in [0.25, 0.3) is 0 Å². The molecule has 1 aromatic carbocycles. The highest BCUT2D eigenvalue weighted by atomic mass is 16.5. The van der Waals surface area contributed by atoms with Gasteiger partial charge in [-0.2, -0.15) is 5.10 Å². The van der Waals surface area contributed by atoms with E-state index in [9.17, 15) is 0 Å². The Bertz CT molecular complexity index is 481. The number of anilines is 1. The van der Waals surface area contributed by atoms with Crippen LogP contribution in [0.3, 0.4) is 0 Å². The Labute approximate surface area is 100 Å². The number of nitrogens with one attached hydrogen (secondary N) is 2. The van der Waals surface area contributed by atoms with E-state index in [0.29, 0.717) is 0 Å². The minimum atomic E-state index is 0.793. The van der Waals surface area contributed by atoms with Crippen LogP contribution in [-0.2, 0) is 6.42 Å². The molecule has 0 bridgehead atoms. The second-order valence-electron chi connectivity index (χ2n) is 3.75.